The molecule has 2 heterocycles. The molecule has 0 atom stereocenters. The average Bonchev–Trinajstić information content (AvgIpc) is 2.82. The maximum Gasteiger partial charge on any atom is 0.267 e. The summed E-state index contributed by atoms with van der Waals surface area (Å²) in [5.74, 6) is 0.296. The fourth-order valence-electron chi connectivity index (χ4n) is 1.25. The van der Waals surface area contributed by atoms with E-state index in [1.54, 1.807) is 6.07 Å². The van der Waals surface area contributed by atoms with Crippen LogP contribution in [-0.4, -0.2) is 34.7 Å². The van der Waals surface area contributed by atoms with Crippen molar-refractivity contribution in [2.75, 3.05) is 16.6 Å². The zero-order valence-corrected chi connectivity index (χ0v) is 11.0. The molecule has 8 nitrogen and oxygen atoms in total. The molecule has 2 aromatic rings. The lowest BCUT2D eigenvalue weighted by molar-refractivity contribution is 0.601. The third-order valence-corrected chi connectivity index (χ3v) is 3.94. The highest BCUT2D eigenvalue weighted by molar-refractivity contribution is 7.93. The minimum absolute atomic E-state index is 0.0575. The van der Waals surface area contributed by atoms with Crippen LogP contribution >= 0.6 is 11.5 Å². The van der Waals surface area contributed by atoms with Gasteiger partial charge in [0.1, 0.15) is 10.7 Å². The largest absolute Gasteiger partial charge is 0.369 e. The van der Waals surface area contributed by atoms with Gasteiger partial charge in [-0.3, -0.25) is 4.72 Å². The van der Waals surface area contributed by atoms with Crippen LogP contribution in [0.25, 0.3) is 0 Å². The van der Waals surface area contributed by atoms with E-state index in [-0.39, 0.29) is 10.0 Å². The summed E-state index contributed by atoms with van der Waals surface area (Å²) in [7, 11) is -3.74. The number of nitrogens with one attached hydrogen (secondary N) is 2. The SMILES string of the molecule is CCNc1ncccc1S(=O)(=O)Nc1nnns1. The number of anilines is 2. The van der Waals surface area contributed by atoms with E-state index in [1.165, 1.54) is 12.3 Å². The molecule has 2 rings (SSSR count). The molecule has 18 heavy (non-hydrogen) atoms. The zero-order chi connectivity index (χ0) is 13.0. The van der Waals surface area contributed by atoms with E-state index in [2.05, 4.69) is 29.8 Å². The molecule has 0 aliphatic carbocycles. The van der Waals surface area contributed by atoms with E-state index in [9.17, 15) is 8.42 Å². The lowest BCUT2D eigenvalue weighted by atomic mass is 10.4. The summed E-state index contributed by atoms with van der Waals surface area (Å²) in [5.41, 5.74) is 0. The molecule has 0 saturated carbocycles. The summed E-state index contributed by atoms with van der Waals surface area (Å²) in [6.07, 6.45) is 1.52. The normalized spacial score (nSPS) is 11.2. The van der Waals surface area contributed by atoms with Crippen molar-refractivity contribution in [1.82, 2.24) is 19.8 Å². The molecule has 0 aliphatic rings. The van der Waals surface area contributed by atoms with Gasteiger partial charge in [-0.15, -0.1) is 0 Å². The summed E-state index contributed by atoms with van der Waals surface area (Å²) in [4.78, 5) is 4.04. The van der Waals surface area contributed by atoms with Gasteiger partial charge in [-0.1, -0.05) is 9.59 Å². The van der Waals surface area contributed by atoms with E-state index >= 15 is 0 Å². The first-order valence-corrected chi connectivity index (χ1v) is 7.26. The molecule has 2 aromatic heterocycles. The lowest BCUT2D eigenvalue weighted by Gasteiger charge is -2.09. The van der Waals surface area contributed by atoms with Gasteiger partial charge in [0.05, 0.1) is 0 Å². The molecule has 0 saturated heterocycles. The monoisotopic (exact) mass is 286 g/mol. The van der Waals surface area contributed by atoms with Gasteiger partial charge in [0.25, 0.3) is 10.0 Å². The number of hydrogen-bond acceptors (Lipinski definition) is 8. The van der Waals surface area contributed by atoms with Crippen LogP contribution in [0.1, 0.15) is 6.92 Å². The predicted molar refractivity (Wildman–Crippen MR) is 66.9 cm³/mol. The Bertz CT molecular complexity index is 612. The number of rotatable bonds is 5. The second-order valence-corrected chi connectivity index (χ2v) is 5.54. The van der Waals surface area contributed by atoms with Crippen molar-refractivity contribution in [2.24, 2.45) is 0 Å². The van der Waals surface area contributed by atoms with Crippen molar-refractivity contribution in [3.05, 3.63) is 18.3 Å². The van der Waals surface area contributed by atoms with Crippen molar-refractivity contribution in [3.8, 4) is 0 Å². The minimum Gasteiger partial charge on any atom is -0.369 e. The molecular formula is C8H10N6O2S2. The second kappa shape index (κ2) is 5.23. The lowest BCUT2D eigenvalue weighted by Crippen LogP contribution is -2.16. The van der Waals surface area contributed by atoms with Crippen LogP contribution in [0, 0.1) is 0 Å². The highest BCUT2D eigenvalue weighted by Crippen LogP contribution is 2.21. The summed E-state index contributed by atoms with van der Waals surface area (Å²) < 4.78 is 30.0. The van der Waals surface area contributed by atoms with Gasteiger partial charge >= 0.3 is 0 Å². The van der Waals surface area contributed by atoms with Crippen LogP contribution in [0.2, 0.25) is 0 Å². The minimum atomic E-state index is -3.74. The highest BCUT2D eigenvalue weighted by Gasteiger charge is 2.20. The summed E-state index contributed by atoms with van der Waals surface area (Å²) >= 11 is 0.860. The molecule has 2 N–H and O–H groups in total. The van der Waals surface area contributed by atoms with E-state index in [1.807, 2.05) is 6.92 Å². The van der Waals surface area contributed by atoms with Crippen molar-refractivity contribution in [3.63, 3.8) is 0 Å². The molecule has 0 spiro atoms. The van der Waals surface area contributed by atoms with Gasteiger partial charge in [0.2, 0.25) is 5.13 Å². The van der Waals surface area contributed by atoms with Gasteiger partial charge in [-0.25, -0.2) is 13.4 Å². The first kappa shape index (κ1) is 12.6. The maximum absolute atomic E-state index is 12.1. The third kappa shape index (κ3) is 2.71. The molecule has 0 amide bonds. The molecule has 0 bridgehead atoms. The van der Waals surface area contributed by atoms with Gasteiger partial charge in [0.15, 0.2) is 0 Å². The quantitative estimate of drug-likeness (QED) is 0.826. The maximum atomic E-state index is 12.1. The van der Waals surface area contributed by atoms with Crippen LogP contribution in [0.4, 0.5) is 10.9 Å². The Balaban J connectivity index is 2.35. The van der Waals surface area contributed by atoms with Crippen LogP contribution in [0.15, 0.2) is 23.2 Å². The van der Waals surface area contributed by atoms with Crippen molar-refractivity contribution in [1.29, 1.82) is 0 Å². The Kier molecular flexibility index (Phi) is 3.67. The van der Waals surface area contributed by atoms with Gasteiger partial charge in [0, 0.05) is 24.3 Å². The van der Waals surface area contributed by atoms with Crippen LogP contribution < -0.4 is 10.0 Å². The Morgan fingerprint density at radius 1 is 1.44 bits per heavy atom. The van der Waals surface area contributed by atoms with Gasteiger partial charge in [-0.2, -0.15) is 0 Å². The summed E-state index contributed by atoms with van der Waals surface area (Å²) in [6, 6.07) is 3.01. The second-order valence-electron chi connectivity index (χ2n) is 3.15. The van der Waals surface area contributed by atoms with E-state index in [0.717, 1.165) is 11.5 Å². The molecule has 0 unspecified atom stereocenters. The van der Waals surface area contributed by atoms with E-state index in [0.29, 0.717) is 12.4 Å². The highest BCUT2D eigenvalue weighted by atomic mass is 32.2. The van der Waals surface area contributed by atoms with Crippen molar-refractivity contribution >= 4 is 32.5 Å². The standard InChI is InChI=1S/C8H10N6O2S2/c1-2-9-7-6(4-3-5-10-7)18(15,16)12-8-11-13-14-17-8/h3-5H,2H2,1H3,(H,9,10)(H,11,12,14). The predicted octanol–water partition coefficient (Wildman–Crippen LogP) is 0.561. The van der Waals surface area contributed by atoms with Crippen LogP contribution in [-0.2, 0) is 10.0 Å². The first-order chi connectivity index (χ1) is 8.63. The van der Waals surface area contributed by atoms with Crippen molar-refractivity contribution < 1.29 is 8.42 Å². The van der Waals surface area contributed by atoms with E-state index < -0.39 is 10.0 Å². The fourth-order valence-corrected chi connectivity index (χ4v) is 2.97. The number of sulfonamides is 1. The number of pyridine rings is 1. The Hall–Kier alpha value is -1.81. The van der Waals surface area contributed by atoms with E-state index in [4.69, 9.17) is 0 Å². The third-order valence-electron chi connectivity index (χ3n) is 1.93. The van der Waals surface area contributed by atoms with Gasteiger partial charge < -0.3 is 5.32 Å². The topological polar surface area (TPSA) is 110 Å². The summed E-state index contributed by atoms with van der Waals surface area (Å²) in [5, 5.41) is 9.84. The Labute approximate surface area is 108 Å². The molecular weight excluding hydrogens is 276 g/mol. The van der Waals surface area contributed by atoms with Crippen LogP contribution in [0.3, 0.4) is 0 Å². The van der Waals surface area contributed by atoms with Gasteiger partial charge in [-0.05, 0) is 24.3 Å². The molecule has 10 heteroatoms. The Morgan fingerprint density at radius 3 is 2.94 bits per heavy atom. The number of hydrogen-bond donors (Lipinski definition) is 2. The molecule has 0 radical (unpaired) electrons. The summed E-state index contributed by atoms with van der Waals surface area (Å²) in [6.45, 7) is 2.42. The molecule has 96 valence electrons. The van der Waals surface area contributed by atoms with Crippen molar-refractivity contribution in [2.45, 2.75) is 11.8 Å². The first-order valence-electron chi connectivity index (χ1n) is 5.00. The van der Waals surface area contributed by atoms with Crippen LogP contribution in [0.5, 0.6) is 0 Å². The smallest absolute Gasteiger partial charge is 0.267 e. The zero-order valence-electron chi connectivity index (χ0n) is 9.36. The fraction of sp³-hybridized carbons (Fsp3) is 0.250. The number of nitrogens with zero attached hydrogens (tertiary/aromatic N) is 4. The average molecular weight is 286 g/mol. The molecule has 0 aliphatic heterocycles. The molecule has 0 fully saturated rings. The Morgan fingerprint density at radius 2 is 2.28 bits per heavy atom. The number of aromatic nitrogens is 4. The molecule has 0 aromatic carbocycles.